The summed E-state index contributed by atoms with van der Waals surface area (Å²) in [5.41, 5.74) is 0.783. The number of amides is 3. The van der Waals surface area contributed by atoms with Crippen LogP contribution in [-0.4, -0.2) is 69.3 Å². The molecule has 1 aliphatic heterocycles. The molecule has 4 rings (SSSR count). The number of imide groups is 1. The fraction of sp³-hybridized carbons (Fsp3) is 0.316. The molecular formula is C19H21FN8O2. The predicted molar refractivity (Wildman–Crippen MR) is 109 cm³/mol. The van der Waals surface area contributed by atoms with Gasteiger partial charge in [-0.2, -0.15) is 5.10 Å². The van der Waals surface area contributed by atoms with E-state index >= 15 is 0 Å². The molecule has 2 N–H and O–H groups in total. The maximum absolute atomic E-state index is 13.6. The van der Waals surface area contributed by atoms with Crippen LogP contribution < -0.4 is 15.5 Å². The van der Waals surface area contributed by atoms with Crippen LogP contribution in [0, 0.1) is 5.82 Å². The number of anilines is 2. The Morgan fingerprint density at radius 3 is 2.67 bits per heavy atom. The highest BCUT2D eigenvalue weighted by Gasteiger charge is 2.23. The molecule has 3 amide bonds. The second kappa shape index (κ2) is 8.41. The third-order valence-corrected chi connectivity index (χ3v) is 4.92. The lowest BCUT2D eigenvalue weighted by Crippen LogP contribution is -2.50. The smallest absolute Gasteiger partial charge is 0.326 e. The van der Waals surface area contributed by atoms with Gasteiger partial charge in [-0.05, 0) is 12.1 Å². The van der Waals surface area contributed by atoms with Crippen molar-refractivity contribution in [3.8, 4) is 0 Å². The van der Waals surface area contributed by atoms with Crippen LogP contribution in [0.15, 0.2) is 36.8 Å². The van der Waals surface area contributed by atoms with Crippen molar-refractivity contribution in [1.29, 1.82) is 0 Å². The van der Waals surface area contributed by atoms with Crippen LogP contribution in [0.3, 0.4) is 0 Å². The Labute approximate surface area is 171 Å². The Bertz CT molecular complexity index is 1080. The molecule has 0 radical (unpaired) electrons. The van der Waals surface area contributed by atoms with Gasteiger partial charge in [0.15, 0.2) is 5.65 Å². The van der Waals surface area contributed by atoms with E-state index in [1.165, 1.54) is 24.5 Å². The summed E-state index contributed by atoms with van der Waals surface area (Å²) in [5.74, 6) is -0.195. The lowest BCUT2D eigenvalue weighted by Gasteiger charge is -2.35. The number of carbonyl (C=O) groups is 2. The lowest BCUT2D eigenvalue weighted by atomic mass is 10.2. The van der Waals surface area contributed by atoms with Gasteiger partial charge in [-0.25, -0.2) is 19.2 Å². The molecule has 0 saturated carbocycles. The molecule has 1 saturated heterocycles. The summed E-state index contributed by atoms with van der Waals surface area (Å²) in [4.78, 5) is 36.8. The minimum Gasteiger partial charge on any atom is -0.353 e. The zero-order valence-corrected chi connectivity index (χ0v) is 16.4. The Kier molecular flexibility index (Phi) is 5.53. The van der Waals surface area contributed by atoms with Gasteiger partial charge in [0.2, 0.25) is 5.91 Å². The molecular weight excluding hydrogens is 391 g/mol. The van der Waals surface area contributed by atoms with Crippen molar-refractivity contribution in [3.63, 3.8) is 0 Å². The standard InChI is InChI=1S/C19H21FN8O2/c1-26-17-13(10-23-26)18(22-12-21-17)28-8-6-27(7-9-28)11-16(29)25-19(30)24-15-5-3-2-4-14(15)20/h2-5,10,12H,6-9,11H2,1H3,(H2,24,25,29,30). The quantitative estimate of drug-likeness (QED) is 0.657. The maximum Gasteiger partial charge on any atom is 0.326 e. The van der Waals surface area contributed by atoms with Crippen LogP contribution in [0.1, 0.15) is 0 Å². The molecule has 2 aromatic heterocycles. The Hall–Kier alpha value is -3.60. The van der Waals surface area contributed by atoms with Crippen molar-refractivity contribution in [2.75, 3.05) is 42.9 Å². The number of hydrogen-bond acceptors (Lipinski definition) is 7. The molecule has 0 unspecified atom stereocenters. The first-order valence-corrected chi connectivity index (χ1v) is 9.46. The van der Waals surface area contributed by atoms with Crippen LogP contribution in [0.25, 0.3) is 11.0 Å². The van der Waals surface area contributed by atoms with Crippen molar-refractivity contribution in [2.24, 2.45) is 7.05 Å². The highest BCUT2D eigenvalue weighted by atomic mass is 19.1. The second-order valence-corrected chi connectivity index (χ2v) is 6.95. The molecule has 30 heavy (non-hydrogen) atoms. The number of piperazine rings is 1. The van der Waals surface area contributed by atoms with E-state index in [9.17, 15) is 14.0 Å². The molecule has 0 aliphatic carbocycles. The summed E-state index contributed by atoms with van der Waals surface area (Å²) in [6.45, 7) is 2.69. The van der Waals surface area contributed by atoms with Gasteiger partial charge in [0.1, 0.15) is 18.0 Å². The zero-order chi connectivity index (χ0) is 21.1. The largest absolute Gasteiger partial charge is 0.353 e. The zero-order valence-electron chi connectivity index (χ0n) is 16.4. The fourth-order valence-corrected chi connectivity index (χ4v) is 3.40. The molecule has 10 nitrogen and oxygen atoms in total. The monoisotopic (exact) mass is 412 g/mol. The maximum atomic E-state index is 13.6. The molecule has 156 valence electrons. The number of fused-ring (bicyclic) bond motifs is 1. The third-order valence-electron chi connectivity index (χ3n) is 4.92. The average Bonchev–Trinajstić information content (AvgIpc) is 3.11. The van der Waals surface area contributed by atoms with Gasteiger partial charge in [-0.3, -0.25) is 19.7 Å². The number of halogens is 1. The van der Waals surface area contributed by atoms with Crippen LogP contribution in [-0.2, 0) is 11.8 Å². The number of nitrogens with zero attached hydrogens (tertiary/aromatic N) is 6. The van der Waals surface area contributed by atoms with Crippen molar-refractivity contribution in [3.05, 3.63) is 42.6 Å². The first kappa shape index (κ1) is 19.7. The van der Waals surface area contributed by atoms with Crippen molar-refractivity contribution in [1.82, 2.24) is 30.0 Å². The summed E-state index contributed by atoms with van der Waals surface area (Å²) in [6.07, 6.45) is 3.27. The van der Waals surface area contributed by atoms with E-state index in [4.69, 9.17) is 0 Å². The SMILES string of the molecule is Cn1ncc2c(N3CCN(CC(=O)NC(=O)Nc4ccccc4F)CC3)ncnc21. The number of para-hydroxylation sites is 1. The predicted octanol–water partition coefficient (Wildman–Crippen LogP) is 0.973. The molecule has 1 fully saturated rings. The molecule has 0 spiro atoms. The number of hydrogen-bond donors (Lipinski definition) is 2. The van der Waals surface area contributed by atoms with Gasteiger partial charge < -0.3 is 10.2 Å². The van der Waals surface area contributed by atoms with Crippen LogP contribution in [0.5, 0.6) is 0 Å². The summed E-state index contributed by atoms with van der Waals surface area (Å²) in [5, 5.41) is 9.68. The highest BCUT2D eigenvalue weighted by molar-refractivity contribution is 6.01. The summed E-state index contributed by atoms with van der Waals surface area (Å²) < 4.78 is 15.3. The number of nitrogens with one attached hydrogen (secondary N) is 2. The minimum absolute atomic E-state index is 0.0166. The number of carbonyl (C=O) groups excluding carboxylic acids is 2. The van der Waals surface area contributed by atoms with Gasteiger partial charge in [0, 0.05) is 33.2 Å². The number of benzene rings is 1. The van der Waals surface area contributed by atoms with E-state index in [0.717, 1.165) is 16.9 Å². The van der Waals surface area contributed by atoms with E-state index in [1.807, 2.05) is 11.9 Å². The van der Waals surface area contributed by atoms with E-state index in [-0.39, 0.29) is 12.2 Å². The minimum atomic E-state index is -0.760. The summed E-state index contributed by atoms with van der Waals surface area (Å²) in [6, 6.07) is 5.00. The normalized spacial score (nSPS) is 14.7. The molecule has 11 heteroatoms. The van der Waals surface area contributed by atoms with Gasteiger partial charge >= 0.3 is 6.03 Å². The van der Waals surface area contributed by atoms with Crippen LogP contribution in [0.4, 0.5) is 20.7 Å². The summed E-state index contributed by atoms with van der Waals surface area (Å²) >= 11 is 0. The topological polar surface area (TPSA) is 108 Å². The molecule has 1 aliphatic rings. The first-order valence-electron chi connectivity index (χ1n) is 9.46. The van der Waals surface area contributed by atoms with Gasteiger partial charge in [-0.15, -0.1) is 0 Å². The Balaban J connectivity index is 1.28. The number of rotatable bonds is 4. The van der Waals surface area contributed by atoms with Crippen LogP contribution in [0.2, 0.25) is 0 Å². The molecule has 1 aromatic carbocycles. The highest BCUT2D eigenvalue weighted by Crippen LogP contribution is 2.23. The number of urea groups is 1. The molecule has 3 heterocycles. The van der Waals surface area contributed by atoms with Gasteiger partial charge in [0.05, 0.1) is 23.8 Å². The molecule has 3 aromatic rings. The molecule has 0 atom stereocenters. The van der Waals surface area contributed by atoms with Crippen molar-refractivity contribution < 1.29 is 14.0 Å². The van der Waals surface area contributed by atoms with E-state index in [1.54, 1.807) is 16.9 Å². The van der Waals surface area contributed by atoms with Gasteiger partial charge in [0.25, 0.3) is 0 Å². The van der Waals surface area contributed by atoms with Gasteiger partial charge in [-0.1, -0.05) is 12.1 Å². The third kappa shape index (κ3) is 4.20. The summed E-state index contributed by atoms with van der Waals surface area (Å²) in [7, 11) is 1.83. The number of aromatic nitrogens is 4. The Morgan fingerprint density at radius 2 is 1.90 bits per heavy atom. The number of aryl methyl sites for hydroxylation is 1. The molecule has 0 bridgehead atoms. The van der Waals surface area contributed by atoms with Crippen molar-refractivity contribution >= 4 is 34.5 Å². The van der Waals surface area contributed by atoms with E-state index in [0.29, 0.717) is 26.2 Å². The average molecular weight is 412 g/mol. The fourth-order valence-electron chi connectivity index (χ4n) is 3.40. The van der Waals surface area contributed by atoms with E-state index < -0.39 is 17.8 Å². The Morgan fingerprint density at radius 1 is 1.13 bits per heavy atom. The van der Waals surface area contributed by atoms with Crippen LogP contribution >= 0.6 is 0 Å². The first-order chi connectivity index (χ1) is 14.5. The second-order valence-electron chi connectivity index (χ2n) is 6.95. The lowest BCUT2D eigenvalue weighted by molar-refractivity contribution is -0.121. The van der Waals surface area contributed by atoms with E-state index in [2.05, 4.69) is 30.6 Å². The van der Waals surface area contributed by atoms with Crippen molar-refractivity contribution in [2.45, 2.75) is 0 Å².